The fourth-order valence-corrected chi connectivity index (χ4v) is 2.26. The molecule has 1 aromatic heterocycles. The van der Waals surface area contributed by atoms with Gasteiger partial charge in [0, 0.05) is 5.56 Å². The molecule has 0 saturated heterocycles. The fraction of sp³-hybridized carbons (Fsp3) is 0.167. The molecule has 1 heterocycles. The number of para-hydroxylation sites is 1. The zero-order valence-corrected chi connectivity index (χ0v) is 10.5. The van der Waals surface area contributed by atoms with Gasteiger partial charge in [0.1, 0.15) is 5.75 Å². The van der Waals surface area contributed by atoms with Crippen molar-refractivity contribution in [2.75, 3.05) is 0 Å². The maximum atomic E-state index is 9.89. The van der Waals surface area contributed by atoms with Gasteiger partial charge in [0.2, 0.25) is 0 Å². The normalized spacial score (nSPS) is 11.9. The molecule has 4 heteroatoms. The number of benzene rings is 1. The topological polar surface area (TPSA) is 46.2 Å². The zero-order valence-electron chi connectivity index (χ0n) is 8.88. The lowest BCUT2D eigenvalue weighted by Gasteiger charge is -2.13. The first kappa shape index (κ1) is 13.0. The summed E-state index contributed by atoms with van der Waals surface area (Å²) in [5, 5.41) is 13.9. The van der Waals surface area contributed by atoms with Crippen molar-refractivity contribution in [2.24, 2.45) is 5.73 Å². The predicted octanol–water partition coefficient (Wildman–Crippen LogP) is 3.23. The Morgan fingerprint density at radius 1 is 1.31 bits per heavy atom. The molecular formula is C12H14ClNOS. The Morgan fingerprint density at radius 2 is 2.06 bits per heavy atom. The van der Waals surface area contributed by atoms with Crippen LogP contribution in [0, 0.1) is 6.92 Å². The van der Waals surface area contributed by atoms with E-state index in [2.05, 4.69) is 0 Å². The van der Waals surface area contributed by atoms with E-state index in [1.807, 2.05) is 41.9 Å². The highest BCUT2D eigenvalue weighted by Gasteiger charge is 2.14. The number of thiophene rings is 1. The quantitative estimate of drug-likeness (QED) is 0.866. The van der Waals surface area contributed by atoms with E-state index >= 15 is 0 Å². The Morgan fingerprint density at radius 3 is 2.69 bits per heavy atom. The van der Waals surface area contributed by atoms with Gasteiger partial charge in [-0.1, -0.05) is 18.2 Å². The second-order valence-electron chi connectivity index (χ2n) is 3.55. The summed E-state index contributed by atoms with van der Waals surface area (Å²) >= 11 is 1.61. The number of phenolic OH excluding ortho intramolecular Hbond substituents is 1. The first-order chi connectivity index (χ1) is 7.20. The van der Waals surface area contributed by atoms with Gasteiger partial charge >= 0.3 is 0 Å². The second kappa shape index (κ2) is 5.34. The smallest absolute Gasteiger partial charge is 0.123 e. The Bertz CT molecular complexity index is 456. The molecule has 86 valence electrons. The van der Waals surface area contributed by atoms with E-state index in [4.69, 9.17) is 5.73 Å². The predicted molar refractivity (Wildman–Crippen MR) is 70.4 cm³/mol. The van der Waals surface area contributed by atoms with E-state index in [-0.39, 0.29) is 18.4 Å². The van der Waals surface area contributed by atoms with E-state index in [0.717, 1.165) is 16.7 Å². The molecule has 0 spiro atoms. The van der Waals surface area contributed by atoms with E-state index in [1.165, 1.54) is 0 Å². The third-order valence-corrected chi connectivity index (χ3v) is 3.21. The summed E-state index contributed by atoms with van der Waals surface area (Å²) in [6, 6.07) is 7.40. The molecule has 0 aliphatic carbocycles. The first-order valence-corrected chi connectivity index (χ1v) is 5.70. The summed E-state index contributed by atoms with van der Waals surface area (Å²) in [4.78, 5) is 0. The van der Waals surface area contributed by atoms with Crippen molar-refractivity contribution in [3.05, 3.63) is 51.7 Å². The summed E-state index contributed by atoms with van der Waals surface area (Å²) in [7, 11) is 0. The van der Waals surface area contributed by atoms with Gasteiger partial charge in [-0.2, -0.15) is 11.3 Å². The molecule has 2 aromatic rings. The highest BCUT2D eigenvalue weighted by Crippen LogP contribution is 2.30. The van der Waals surface area contributed by atoms with Crippen LogP contribution in [-0.2, 0) is 0 Å². The van der Waals surface area contributed by atoms with Crippen molar-refractivity contribution >= 4 is 23.7 Å². The van der Waals surface area contributed by atoms with E-state index in [1.54, 1.807) is 11.3 Å². The van der Waals surface area contributed by atoms with Crippen LogP contribution in [0.25, 0.3) is 0 Å². The molecule has 0 radical (unpaired) electrons. The third kappa shape index (κ3) is 2.38. The minimum atomic E-state index is -0.240. The van der Waals surface area contributed by atoms with Crippen molar-refractivity contribution < 1.29 is 5.11 Å². The number of aryl methyl sites for hydroxylation is 1. The Hall–Kier alpha value is -1.03. The van der Waals surface area contributed by atoms with Crippen LogP contribution < -0.4 is 5.73 Å². The second-order valence-corrected chi connectivity index (χ2v) is 4.33. The molecule has 0 aliphatic heterocycles. The average Bonchev–Trinajstić information content (AvgIpc) is 2.74. The van der Waals surface area contributed by atoms with Gasteiger partial charge in [-0.15, -0.1) is 12.4 Å². The molecule has 0 saturated carbocycles. The maximum Gasteiger partial charge on any atom is 0.123 e. The molecule has 0 amide bonds. The van der Waals surface area contributed by atoms with Gasteiger partial charge < -0.3 is 10.8 Å². The lowest BCUT2D eigenvalue weighted by Crippen LogP contribution is -2.11. The average molecular weight is 256 g/mol. The number of nitrogens with two attached hydrogens (primary N) is 1. The van der Waals surface area contributed by atoms with E-state index in [0.29, 0.717) is 5.75 Å². The van der Waals surface area contributed by atoms with Crippen molar-refractivity contribution in [1.29, 1.82) is 0 Å². The molecular weight excluding hydrogens is 242 g/mol. The fourth-order valence-electron chi connectivity index (χ4n) is 1.56. The highest BCUT2D eigenvalue weighted by molar-refractivity contribution is 7.08. The summed E-state index contributed by atoms with van der Waals surface area (Å²) in [5.41, 5.74) is 8.76. The number of hydrogen-bond acceptors (Lipinski definition) is 3. The Labute approximate surface area is 105 Å². The summed E-state index contributed by atoms with van der Waals surface area (Å²) in [5.74, 6) is 0.302. The van der Waals surface area contributed by atoms with E-state index < -0.39 is 0 Å². The van der Waals surface area contributed by atoms with Gasteiger partial charge in [-0.3, -0.25) is 0 Å². The van der Waals surface area contributed by atoms with Gasteiger partial charge in [0.15, 0.2) is 0 Å². The molecule has 1 aromatic carbocycles. The first-order valence-electron chi connectivity index (χ1n) is 4.76. The monoisotopic (exact) mass is 255 g/mol. The van der Waals surface area contributed by atoms with Gasteiger partial charge in [0.05, 0.1) is 6.04 Å². The van der Waals surface area contributed by atoms with Gasteiger partial charge in [0.25, 0.3) is 0 Å². The Kier molecular flexibility index (Phi) is 4.35. The SMILES string of the molecule is Cc1cccc([C@H](N)c2ccsc2)c1O.Cl. The van der Waals surface area contributed by atoms with Crippen LogP contribution >= 0.6 is 23.7 Å². The standard InChI is InChI=1S/C12H13NOS.ClH/c1-8-3-2-4-10(12(8)14)11(13)9-5-6-15-7-9;/h2-7,11,14H,13H2,1H3;1H/t11-;/m1./s1. The molecule has 0 aliphatic rings. The van der Waals surface area contributed by atoms with Gasteiger partial charge in [-0.05, 0) is 34.9 Å². The maximum absolute atomic E-state index is 9.89. The summed E-state index contributed by atoms with van der Waals surface area (Å²) in [6.07, 6.45) is 0. The molecule has 0 unspecified atom stereocenters. The highest BCUT2D eigenvalue weighted by atomic mass is 35.5. The van der Waals surface area contributed by atoms with Crippen molar-refractivity contribution in [3.63, 3.8) is 0 Å². The number of aromatic hydroxyl groups is 1. The van der Waals surface area contributed by atoms with Crippen LogP contribution in [0.1, 0.15) is 22.7 Å². The molecule has 1 atom stereocenters. The molecule has 2 rings (SSSR count). The van der Waals surface area contributed by atoms with Crippen LogP contribution in [0.15, 0.2) is 35.0 Å². The van der Waals surface area contributed by atoms with Crippen LogP contribution in [0.4, 0.5) is 0 Å². The molecule has 0 bridgehead atoms. The van der Waals surface area contributed by atoms with Crippen LogP contribution in [0.2, 0.25) is 0 Å². The summed E-state index contributed by atoms with van der Waals surface area (Å²) < 4.78 is 0. The third-order valence-electron chi connectivity index (χ3n) is 2.51. The van der Waals surface area contributed by atoms with Crippen LogP contribution in [0.5, 0.6) is 5.75 Å². The molecule has 2 nitrogen and oxygen atoms in total. The lowest BCUT2D eigenvalue weighted by molar-refractivity contribution is 0.461. The lowest BCUT2D eigenvalue weighted by atomic mass is 9.99. The van der Waals surface area contributed by atoms with Crippen LogP contribution in [-0.4, -0.2) is 5.11 Å². The van der Waals surface area contributed by atoms with Crippen molar-refractivity contribution in [1.82, 2.24) is 0 Å². The molecule has 0 fully saturated rings. The van der Waals surface area contributed by atoms with E-state index in [9.17, 15) is 5.11 Å². The number of rotatable bonds is 2. The minimum absolute atomic E-state index is 0. The molecule has 3 N–H and O–H groups in total. The zero-order chi connectivity index (χ0) is 10.8. The molecule has 16 heavy (non-hydrogen) atoms. The summed E-state index contributed by atoms with van der Waals surface area (Å²) in [6.45, 7) is 1.87. The Balaban J connectivity index is 0.00000128. The largest absolute Gasteiger partial charge is 0.507 e. The van der Waals surface area contributed by atoms with Crippen LogP contribution in [0.3, 0.4) is 0 Å². The number of hydrogen-bond donors (Lipinski definition) is 2. The minimum Gasteiger partial charge on any atom is -0.507 e. The number of halogens is 1. The van der Waals surface area contributed by atoms with Crippen molar-refractivity contribution in [2.45, 2.75) is 13.0 Å². The number of phenols is 1. The van der Waals surface area contributed by atoms with Gasteiger partial charge in [-0.25, -0.2) is 0 Å². The van der Waals surface area contributed by atoms with Crippen molar-refractivity contribution in [3.8, 4) is 5.75 Å².